The number of hydrogen-bond donors (Lipinski definition) is 4. The molecule has 1 saturated carbocycles. The molecule has 1 aromatic carbocycles. The lowest BCUT2D eigenvalue weighted by atomic mass is 9.83. The van der Waals surface area contributed by atoms with Gasteiger partial charge in [-0.3, -0.25) is 9.59 Å². The topological polar surface area (TPSA) is 132 Å². The van der Waals surface area contributed by atoms with Crippen molar-refractivity contribution in [2.24, 2.45) is 17.6 Å². The van der Waals surface area contributed by atoms with Gasteiger partial charge in [0, 0.05) is 40.0 Å². The molecule has 2 rings (SSSR count). The summed E-state index contributed by atoms with van der Waals surface area (Å²) in [4.78, 5) is 25.8. The van der Waals surface area contributed by atoms with E-state index in [1.807, 2.05) is 12.1 Å². The van der Waals surface area contributed by atoms with Gasteiger partial charge in [-0.05, 0) is 56.1 Å². The molecule has 0 saturated heterocycles. The van der Waals surface area contributed by atoms with Crippen LogP contribution >= 0.6 is 12.4 Å². The van der Waals surface area contributed by atoms with Crippen LogP contribution in [0.4, 0.5) is 0 Å². The Morgan fingerprint density at radius 3 is 2.33 bits per heavy atom. The van der Waals surface area contributed by atoms with Crippen molar-refractivity contribution < 1.29 is 28.9 Å². The number of benzene rings is 1. The molecule has 1 aliphatic carbocycles. The molecule has 10 heteroatoms. The third kappa shape index (κ3) is 11.2. The molecule has 0 spiro atoms. The smallest absolute Gasteiger partial charge is 0.255 e. The first-order chi connectivity index (χ1) is 18.2. The summed E-state index contributed by atoms with van der Waals surface area (Å²) in [6.45, 7) is 5.81. The number of amides is 2. The number of nitrogens with two attached hydrogens (primary N) is 1. The maximum absolute atomic E-state index is 13.0. The number of methoxy groups -OCH3 is 2. The Balaban J connectivity index is 0.00000760. The van der Waals surface area contributed by atoms with Gasteiger partial charge < -0.3 is 35.7 Å². The molecule has 1 aliphatic rings. The van der Waals surface area contributed by atoms with Crippen LogP contribution in [0.1, 0.15) is 75.6 Å². The van der Waals surface area contributed by atoms with Gasteiger partial charge in [0.15, 0.2) is 0 Å². The highest BCUT2D eigenvalue weighted by Crippen LogP contribution is 2.31. The minimum Gasteiger partial charge on any atom is -0.493 e. The summed E-state index contributed by atoms with van der Waals surface area (Å²) in [6, 6.07) is 6.66. The number of para-hydroxylation sites is 1. The zero-order valence-corrected chi connectivity index (χ0v) is 24.9. The van der Waals surface area contributed by atoms with Gasteiger partial charge in [-0.1, -0.05) is 45.2 Å². The SMILES string of the molecule is COCCCCOc1ccccc1C(=O)NC[C@@H](C[C@H](N)[C@@H](O)CNC(=O)C1(OC)CCCCC1)C(C)C.Cl. The van der Waals surface area contributed by atoms with Crippen LogP contribution in [-0.2, 0) is 14.3 Å². The average Bonchev–Trinajstić information content (AvgIpc) is 2.93. The monoisotopic (exact) mass is 571 g/mol. The second-order valence-corrected chi connectivity index (χ2v) is 10.7. The Kier molecular flexibility index (Phi) is 16.6. The molecule has 9 nitrogen and oxygen atoms in total. The fraction of sp³-hybridized carbons (Fsp3) is 0.724. The minimum absolute atomic E-state index is 0. The van der Waals surface area contributed by atoms with Gasteiger partial charge in [0.05, 0.1) is 18.3 Å². The molecule has 1 fully saturated rings. The zero-order valence-electron chi connectivity index (χ0n) is 24.1. The first kappa shape index (κ1) is 35.1. The predicted molar refractivity (Wildman–Crippen MR) is 155 cm³/mol. The van der Waals surface area contributed by atoms with Crippen LogP contribution in [0.5, 0.6) is 5.75 Å². The molecule has 3 atom stereocenters. The van der Waals surface area contributed by atoms with E-state index in [1.54, 1.807) is 26.4 Å². The highest BCUT2D eigenvalue weighted by Gasteiger charge is 2.39. The molecule has 0 bridgehead atoms. The Bertz CT molecular complexity index is 850. The lowest BCUT2D eigenvalue weighted by Crippen LogP contribution is -2.53. The first-order valence-corrected chi connectivity index (χ1v) is 14.0. The van der Waals surface area contributed by atoms with E-state index in [-0.39, 0.29) is 42.6 Å². The van der Waals surface area contributed by atoms with Crippen LogP contribution in [-0.4, -0.2) is 75.2 Å². The Hall–Kier alpha value is -1.91. The number of ether oxygens (including phenoxy) is 3. The number of carbonyl (C=O) groups is 2. The number of aliphatic hydroxyl groups excluding tert-OH is 1. The molecule has 0 heterocycles. The van der Waals surface area contributed by atoms with E-state index >= 15 is 0 Å². The van der Waals surface area contributed by atoms with Crippen LogP contribution in [0.15, 0.2) is 24.3 Å². The van der Waals surface area contributed by atoms with Crippen molar-refractivity contribution in [2.75, 3.05) is 40.5 Å². The summed E-state index contributed by atoms with van der Waals surface area (Å²) in [6.07, 6.45) is 5.72. The largest absolute Gasteiger partial charge is 0.493 e. The number of carbonyl (C=O) groups excluding carboxylic acids is 2. The van der Waals surface area contributed by atoms with Crippen molar-refractivity contribution in [3.05, 3.63) is 29.8 Å². The molecule has 2 amide bonds. The number of hydrogen-bond acceptors (Lipinski definition) is 7. The maximum atomic E-state index is 13.0. The van der Waals surface area contributed by atoms with E-state index in [0.717, 1.165) is 32.1 Å². The summed E-state index contributed by atoms with van der Waals surface area (Å²) < 4.78 is 16.5. The summed E-state index contributed by atoms with van der Waals surface area (Å²) in [5.74, 6) is 0.442. The van der Waals surface area contributed by atoms with E-state index < -0.39 is 17.7 Å². The fourth-order valence-electron chi connectivity index (χ4n) is 4.88. The van der Waals surface area contributed by atoms with Gasteiger partial charge in [0.2, 0.25) is 0 Å². The van der Waals surface area contributed by atoms with Gasteiger partial charge in [-0.15, -0.1) is 12.4 Å². The highest BCUT2D eigenvalue weighted by atomic mass is 35.5. The quantitative estimate of drug-likeness (QED) is 0.210. The van der Waals surface area contributed by atoms with Crippen molar-refractivity contribution in [1.82, 2.24) is 10.6 Å². The molecule has 39 heavy (non-hydrogen) atoms. The minimum atomic E-state index is -0.902. The van der Waals surface area contributed by atoms with Crippen molar-refractivity contribution in [3.63, 3.8) is 0 Å². The standard InChI is InChI=1S/C29H49N3O6.ClH/c1-21(2)22(18-24(30)25(33)20-32-28(35)29(37-4)14-8-5-9-15-29)19-31-27(34)23-12-6-7-13-26(23)38-17-11-10-16-36-3;/h6-7,12-13,21-22,24-25,33H,5,8-11,14-20,30H2,1-4H3,(H,31,34)(H,32,35);1H/t22-,24+,25+;/m1./s1. The molecule has 0 radical (unpaired) electrons. The van der Waals surface area contributed by atoms with E-state index in [9.17, 15) is 14.7 Å². The molecule has 5 N–H and O–H groups in total. The highest BCUT2D eigenvalue weighted by molar-refractivity contribution is 5.96. The van der Waals surface area contributed by atoms with Crippen LogP contribution in [0.3, 0.4) is 0 Å². The molecule has 1 aromatic rings. The van der Waals surface area contributed by atoms with Gasteiger partial charge in [-0.25, -0.2) is 0 Å². The van der Waals surface area contributed by atoms with Gasteiger partial charge in [0.1, 0.15) is 11.4 Å². The summed E-state index contributed by atoms with van der Waals surface area (Å²) in [7, 11) is 3.24. The van der Waals surface area contributed by atoms with Crippen LogP contribution in [0.25, 0.3) is 0 Å². The lowest BCUT2D eigenvalue weighted by Gasteiger charge is -2.35. The number of rotatable bonds is 17. The maximum Gasteiger partial charge on any atom is 0.255 e. The van der Waals surface area contributed by atoms with Gasteiger partial charge in [-0.2, -0.15) is 0 Å². The predicted octanol–water partition coefficient (Wildman–Crippen LogP) is 3.46. The van der Waals surface area contributed by atoms with Crippen LogP contribution in [0.2, 0.25) is 0 Å². The van der Waals surface area contributed by atoms with Crippen molar-refractivity contribution >= 4 is 24.2 Å². The summed E-state index contributed by atoms with van der Waals surface area (Å²) >= 11 is 0. The molecular weight excluding hydrogens is 522 g/mol. The molecule has 0 unspecified atom stereocenters. The van der Waals surface area contributed by atoms with Crippen molar-refractivity contribution in [2.45, 2.75) is 83.0 Å². The Labute approximate surface area is 240 Å². The third-order valence-corrected chi connectivity index (χ3v) is 7.61. The molecule has 0 aliphatic heterocycles. The molecule has 224 valence electrons. The van der Waals surface area contributed by atoms with E-state index in [0.29, 0.717) is 50.3 Å². The van der Waals surface area contributed by atoms with Crippen LogP contribution < -0.4 is 21.1 Å². The zero-order chi connectivity index (χ0) is 28.0. The van der Waals surface area contributed by atoms with E-state index in [1.165, 1.54) is 0 Å². The van der Waals surface area contributed by atoms with Crippen LogP contribution in [0, 0.1) is 11.8 Å². The van der Waals surface area contributed by atoms with Gasteiger partial charge >= 0.3 is 0 Å². The van der Waals surface area contributed by atoms with E-state index in [2.05, 4.69) is 24.5 Å². The fourth-order valence-corrected chi connectivity index (χ4v) is 4.88. The second kappa shape index (κ2) is 18.4. The van der Waals surface area contributed by atoms with Crippen molar-refractivity contribution in [1.29, 1.82) is 0 Å². The number of halogens is 1. The normalized spacial score (nSPS) is 17.0. The Morgan fingerprint density at radius 2 is 1.69 bits per heavy atom. The summed E-state index contributed by atoms with van der Waals surface area (Å²) in [5.41, 5.74) is 6.02. The first-order valence-electron chi connectivity index (χ1n) is 14.0. The van der Waals surface area contributed by atoms with Crippen molar-refractivity contribution in [3.8, 4) is 5.75 Å². The number of aliphatic hydroxyl groups is 1. The number of unbranched alkanes of at least 4 members (excludes halogenated alkanes) is 1. The molecular formula is C29H50ClN3O6. The summed E-state index contributed by atoms with van der Waals surface area (Å²) in [5, 5.41) is 16.6. The Morgan fingerprint density at radius 1 is 1.03 bits per heavy atom. The average molecular weight is 572 g/mol. The van der Waals surface area contributed by atoms with Gasteiger partial charge in [0.25, 0.3) is 11.8 Å². The number of nitrogens with one attached hydrogen (secondary N) is 2. The second-order valence-electron chi connectivity index (χ2n) is 10.7. The molecule has 0 aromatic heterocycles. The van der Waals surface area contributed by atoms with E-state index in [4.69, 9.17) is 19.9 Å². The lowest BCUT2D eigenvalue weighted by molar-refractivity contribution is -0.148. The third-order valence-electron chi connectivity index (χ3n) is 7.61.